The highest BCUT2D eigenvalue weighted by atomic mass is 15.2. The summed E-state index contributed by atoms with van der Waals surface area (Å²) < 4.78 is 0. The minimum atomic E-state index is 0.290. The molecule has 0 saturated carbocycles. The van der Waals surface area contributed by atoms with Crippen molar-refractivity contribution in [3.05, 3.63) is 0 Å². The number of hydrogen-bond donors (Lipinski definition) is 1. The van der Waals surface area contributed by atoms with E-state index in [0.29, 0.717) is 11.6 Å². The van der Waals surface area contributed by atoms with Crippen molar-refractivity contribution in [2.45, 2.75) is 65.1 Å². The second-order valence-corrected chi connectivity index (χ2v) is 5.71. The van der Waals surface area contributed by atoms with Gasteiger partial charge >= 0.3 is 0 Å². The third-order valence-electron chi connectivity index (χ3n) is 3.06. The van der Waals surface area contributed by atoms with E-state index in [9.17, 15) is 0 Å². The van der Waals surface area contributed by atoms with Crippen molar-refractivity contribution in [3.63, 3.8) is 0 Å². The van der Waals surface area contributed by atoms with Gasteiger partial charge in [0.15, 0.2) is 0 Å². The molecule has 0 aromatic carbocycles. The summed E-state index contributed by atoms with van der Waals surface area (Å²) in [4.78, 5) is 2.59. The van der Waals surface area contributed by atoms with Gasteiger partial charge in [-0.2, -0.15) is 0 Å². The highest BCUT2D eigenvalue weighted by molar-refractivity contribution is 4.85. The third-order valence-corrected chi connectivity index (χ3v) is 3.06. The van der Waals surface area contributed by atoms with E-state index in [1.54, 1.807) is 0 Å². The van der Waals surface area contributed by atoms with Gasteiger partial charge in [0.1, 0.15) is 0 Å². The Bertz CT molecular complexity index is 164. The van der Waals surface area contributed by atoms with E-state index in [-0.39, 0.29) is 0 Å². The molecule has 1 aliphatic rings. The highest BCUT2D eigenvalue weighted by Crippen LogP contribution is 2.19. The minimum Gasteiger partial charge on any atom is -0.313 e. The van der Waals surface area contributed by atoms with Crippen molar-refractivity contribution in [2.24, 2.45) is 0 Å². The Hall–Kier alpha value is -0.0800. The summed E-state index contributed by atoms with van der Waals surface area (Å²) in [5, 5.41) is 3.57. The number of nitrogens with one attached hydrogen (secondary N) is 1. The molecular weight excluding hydrogens is 172 g/mol. The van der Waals surface area contributed by atoms with E-state index >= 15 is 0 Å². The molecule has 0 aromatic heterocycles. The van der Waals surface area contributed by atoms with Gasteiger partial charge in [0, 0.05) is 24.2 Å². The van der Waals surface area contributed by atoms with Gasteiger partial charge in [-0.1, -0.05) is 0 Å². The highest BCUT2D eigenvalue weighted by Gasteiger charge is 2.27. The molecule has 84 valence electrons. The first kappa shape index (κ1) is 12.0. The SMILES string of the molecule is CC(C)N(CC1CCCN1)C(C)(C)C. The van der Waals surface area contributed by atoms with E-state index in [1.807, 2.05) is 0 Å². The lowest BCUT2D eigenvalue weighted by molar-refractivity contribution is 0.0885. The fourth-order valence-corrected chi connectivity index (χ4v) is 2.41. The van der Waals surface area contributed by atoms with Crippen LogP contribution in [-0.2, 0) is 0 Å². The molecule has 2 heteroatoms. The van der Waals surface area contributed by atoms with Gasteiger partial charge in [-0.05, 0) is 54.0 Å². The summed E-state index contributed by atoms with van der Waals surface area (Å²) in [6.07, 6.45) is 2.69. The normalized spacial score (nSPS) is 23.8. The van der Waals surface area contributed by atoms with Crippen molar-refractivity contribution < 1.29 is 0 Å². The van der Waals surface area contributed by atoms with Crippen molar-refractivity contribution in [2.75, 3.05) is 13.1 Å². The van der Waals surface area contributed by atoms with Crippen LogP contribution in [0.4, 0.5) is 0 Å². The Morgan fingerprint density at radius 3 is 2.36 bits per heavy atom. The molecular formula is C12H26N2. The monoisotopic (exact) mass is 198 g/mol. The quantitative estimate of drug-likeness (QED) is 0.748. The maximum absolute atomic E-state index is 3.57. The molecule has 1 N–H and O–H groups in total. The molecule has 0 radical (unpaired) electrons. The van der Waals surface area contributed by atoms with Crippen LogP contribution in [0.5, 0.6) is 0 Å². The van der Waals surface area contributed by atoms with Crippen LogP contribution in [0.25, 0.3) is 0 Å². The van der Waals surface area contributed by atoms with Crippen LogP contribution < -0.4 is 5.32 Å². The molecule has 0 aliphatic carbocycles. The van der Waals surface area contributed by atoms with Crippen molar-refractivity contribution in [1.82, 2.24) is 10.2 Å². The fourth-order valence-electron chi connectivity index (χ4n) is 2.41. The molecule has 0 spiro atoms. The van der Waals surface area contributed by atoms with Gasteiger partial charge in [0.05, 0.1) is 0 Å². The molecule has 14 heavy (non-hydrogen) atoms. The van der Waals surface area contributed by atoms with Crippen LogP contribution in [0.3, 0.4) is 0 Å². The number of hydrogen-bond acceptors (Lipinski definition) is 2. The van der Waals surface area contributed by atoms with E-state index in [0.717, 1.165) is 6.04 Å². The zero-order chi connectivity index (χ0) is 10.8. The molecule has 1 saturated heterocycles. The van der Waals surface area contributed by atoms with Crippen LogP contribution in [0.1, 0.15) is 47.5 Å². The maximum atomic E-state index is 3.57. The molecule has 1 aliphatic heterocycles. The maximum Gasteiger partial charge on any atom is 0.0195 e. The molecule has 1 atom stereocenters. The topological polar surface area (TPSA) is 15.3 Å². The Morgan fingerprint density at radius 2 is 2.00 bits per heavy atom. The zero-order valence-corrected chi connectivity index (χ0v) is 10.4. The molecule has 1 fully saturated rings. The van der Waals surface area contributed by atoms with E-state index in [4.69, 9.17) is 0 Å². The first-order chi connectivity index (χ1) is 6.41. The van der Waals surface area contributed by atoms with Crippen molar-refractivity contribution in [3.8, 4) is 0 Å². The largest absolute Gasteiger partial charge is 0.313 e. The van der Waals surface area contributed by atoms with Gasteiger partial charge in [0.25, 0.3) is 0 Å². The van der Waals surface area contributed by atoms with E-state index < -0.39 is 0 Å². The van der Waals surface area contributed by atoms with Gasteiger partial charge in [-0.3, -0.25) is 4.90 Å². The second kappa shape index (κ2) is 4.63. The predicted octanol–water partition coefficient (Wildman–Crippen LogP) is 2.25. The molecule has 1 rings (SSSR count). The van der Waals surface area contributed by atoms with E-state index in [1.165, 1.54) is 25.9 Å². The van der Waals surface area contributed by atoms with Crippen LogP contribution in [0.2, 0.25) is 0 Å². The first-order valence-corrected chi connectivity index (χ1v) is 5.91. The second-order valence-electron chi connectivity index (χ2n) is 5.71. The van der Waals surface area contributed by atoms with Gasteiger partial charge in [-0.25, -0.2) is 0 Å². The lowest BCUT2D eigenvalue weighted by Crippen LogP contribution is -2.50. The van der Waals surface area contributed by atoms with Gasteiger partial charge < -0.3 is 5.32 Å². The van der Waals surface area contributed by atoms with Gasteiger partial charge in [-0.15, -0.1) is 0 Å². The summed E-state index contributed by atoms with van der Waals surface area (Å²) in [7, 11) is 0. The third kappa shape index (κ3) is 3.25. The van der Waals surface area contributed by atoms with Crippen molar-refractivity contribution >= 4 is 0 Å². The molecule has 2 nitrogen and oxygen atoms in total. The molecule has 0 amide bonds. The van der Waals surface area contributed by atoms with Crippen LogP contribution in [0, 0.1) is 0 Å². The van der Waals surface area contributed by atoms with Crippen LogP contribution in [0.15, 0.2) is 0 Å². The minimum absolute atomic E-state index is 0.290. The number of nitrogens with zero attached hydrogens (tertiary/aromatic N) is 1. The number of rotatable bonds is 3. The smallest absolute Gasteiger partial charge is 0.0195 e. The fraction of sp³-hybridized carbons (Fsp3) is 1.00. The Morgan fingerprint density at radius 1 is 1.36 bits per heavy atom. The first-order valence-electron chi connectivity index (χ1n) is 5.91. The molecule has 0 bridgehead atoms. The standard InChI is InChI=1S/C12H26N2/c1-10(2)14(12(3,4)5)9-11-7-6-8-13-11/h10-11,13H,6-9H2,1-5H3. The summed E-state index contributed by atoms with van der Waals surface area (Å²) in [6.45, 7) is 13.9. The van der Waals surface area contributed by atoms with Gasteiger partial charge in [0.2, 0.25) is 0 Å². The lowest BCUT2D eigenvalue weighted by Gasteiger charge is -2.40. The molecule has 0 aromatic rings. The lowest BCUT2D eigenvalue weighted by atomic mass is 10.0. The average molecular weight is 198 g/mol. The van der Waals surface area contributed by atoms with Crippen LogP contribution in [-0.4, -0.2) is 35.6 Å². The van der Waals surface area contributed by atoms with E-state index in [2.05, 4.69) is 44.8 Å². The Kier molecular flexibility index (Phi) is 3.96. The summed E-state index contributed by atoms with van der Waals surface area (Å²) in [5.74, 6) is 0. The average Bonchev–Trinajstić information content (AvgIpc) is 2.48. The summed E-state index contributed by atoms with van der Waals surface area (Å²) >= 11 is 0. The van der Waals surface area contributed by atoms with Crippen LogP contribution >= 0.6 is 0 Å². The predicted molar refractivity (Wildman–Crippen MR) is 62.6 cm³/mol. The summed E-state index contributed by atoms with van der Waals surface area (Å²) in [6, 6.07) is 1.36. The zero-order valence-electron chi connectivity index (χ0n) is 10.4. The Balaban J connectivity index is 2.50. The van der Waals surface area contributed by atoms with Crippen molar-refractivity contribution in [1.29, 1.82) is 0 Å². The molecule has 1 unspecified atom stereocenters. The Labute approximate surface area is 89.1 Å². The summed E-state index contributed by atoms with van der Waals surface area (Å²) in [5.41, 5.74) is 0.290. The molecule has 1 heterocycles.